The van der Waals surface area contributed by atoms with E-state index in [9.17, 15) is 13.6 Å². The highest BCUT2D eigenvalue weighted by Gasteiger charge is 2.19. The normalized spacial score (nSPS) is 10.6. The highest BCUT2D eigenvalue weighted by Crippen LogP contribution is 2.34. The quantitative estimate of drug-likeness (QED) is 0.879. The molecule has 0 saturated carbocycles. The van der Waals surface area contributed by atoms with Crippen LogP contribution in [0, 0.1) is 0 Å². The van der Waals surface area contributed by atoms with Crippen molar-refractivity contribution in [2.24, 2.45) is 0 Å². The van der Waals surface area contributed by atoms with Crippen LogP contribution in [0.5, 0.6) is 5.75 Å². The summed E-state index contributed by atoms with van der Waals surface area (Å²) in [6.45, 7) is -2.87. The maximum atomic E-state index is 12.1. The Morgan fingerprint density at radius 1 is 1.30 bits per heavy atom. The number of hydrogen-bond acceptors (Lipinski definition) is 5. The molecule has 20 heavy (non-hydrogen) atoms. The Bertz CT molecular complexity index is 611. The largest absolute Gasteiger partial charge is 0.465 e. The summed E-state index contributed by atoms with van der Waals surface area (Å²) in [6, 6.07) is 5.95. The molecule has 7 heteroatoms. The van der Waals surface area contributed by atoms with E-state index in [0.29, 0.717) is 16.1 Å². The lowest BCUT2D eigenvalue weighted by Gasteiger charge is -2.06. The van der Waals surface area contributed by atoms with Gasteiger partial charge in [-0.25, -0.2) is 4.79 Å². The molecule has 0 atom stereocenters. The second-order valence-electron chi connectivity index (χ2n) is 3.78. The first-order valence-corrected chi connectivity index (χ1v) is 6.41. The zero-order valence-electron chi connectivity index (χ0n) is 10.4. The molecule has 2 N–H and O–H groups in total. The SMILES string of the molecule is COC(=O)c1c(-c2ccc(OC(F)F)cc2)csc1N. The molecule has 0 spiro atoms. The molecule has 1 heterocycles. The van der Waals surface area contributed by atoms with Gasteiger partial charge in [-0.05, 0) is 17.7 Å². The Labute approximate surface area is 117 Å². The number of alkyl halides is 2. The van der Waals surface area contributed by atoms with Crippen LogP contribution in [0.4, 0.5) is 13.8 Å². The fraction of sp³-hybridized carbons (Fsp3) is 0.154. The zero-order valence-corrected chi connectivity index (χ0v) is 11.2. The van der Waals surface area contributed by atoms with Crippen LogP contribution in [0.25, 0.3) is 11.1 Å². The molecule has 0 radical (unpaired) electrons. The minimum Gasteiger partial charge on any atom is -0.465 e. The monoisotopic (exact) mass is 299 g/mol. The number of ether oxygens (including phenoxy) is 2. The lowest BCUT2D eigenvalue weighted by atomic mass is 10.0. The second-order valence-corrected chi connectivity index (χ2v) is 4.69. The zero-order chi connectivity index (χ0) is 14.7. The summed E-state index contributed by atoms with van der Waals surface area (Å²) in [6.07, 6.45) is 0. The van der Waals surface area contributed by atoms with Crippen molar-refractivity contribution in [1.82, 2.24) is 0 Å². The third kappa shape index (κ3) is 2.88. The molecule has 0 unspecified atom stereocenters. The van der Waals surface area contributed by atoms with E-state index in [1.165, 1.54) is 30.6 Å². The van der Waals surface area contributed by atoms with Crippen molar-refractivity contribution < 1.29 is 23.0 Å². The van der Waals surface area contributed by atoms with Crippen molar-refractivity contribution in [2.45, 2.75) is 6.61 Å². The van der Waals surface area contributed by atoms with E-state index in [1.807, 2.05) is 0 Å². The summed E-state index contributed by atoms with van der Waals surface area (Å²) < 4.78 is 33.1. The number of methoxy groups -OCH3 is 1. The predicted molar refractivity (Wildman–Crippen MR) is 72.1 cm³/mol. The van der Waals surface area contributed by atoms with E-state index in [0.717, 1.165) is 0 Å². The molecule has 106 valence electrons. The minimum atomic E-state index is -2.87. The van der Waals surface area contributed by atoms with E-state index < -0.39 is 12.6 Å². The van der Waals surface area contributed by atoms with Gasteiger partial charge in [-0.1, -0.05) is 12.1 Å². The highest BCUT2D eigenvalue weighted by atomic mass is 32.1. The molecule has 0 aliphatic carbocycles. The Morgan fingerprint density at radius 3 is 2.50 bits per heavy atom. The maximum Gasteiger partial charge on any atom is 0.387 e. The molecule has 0 aliphatic heterocycles. The molecule has 0 aliphatic rings. The summed E-state index contributed by atoms with van der Waals surface area (Å²) >= 11 is 1.21. The van der Waals surface area contributed by atoms with Gasteiger partial charge in [0, 0.05) is 10.9 Å². The topological polar surface area (TPSA) is 61.5 Å². The molecule has 2 aromatic rings. The molecule has 0 saturated heterocycles. The van der Waals surface area contributed by atoms with Gasteiger partial charge in [0.1, 0.15) is 16.3 Å². The minimum absolute atomic E-state index is 0.0477. The van der Waals surface area contributed by atoms with Crippen LogP contribution in [0.15, 0.2) is 29.6 Å². The summed E-state index contributed by atoms with van der Waals surface area (Å²) in [4.78, 5) is 11.7. The molecule has 4 nitrogen and oxygen atoms in total. The van der Waals surface area contributed by atoms with E-state index >= 15 is 0 Å². The first-order chi connectivity index (χ1) is 9.52. The summed E-state index contributed by atoms with van der Waals surface area (Å²) in [7, 11) is 1.27. The number of esters is 1. The van der Waals surface area contributed by atoms with Crippen molar-refractivity contribution in [3.63, 3.8) is 0 Å². The van der Waals surface area contributed by atoms with Gasteiger partial charge in [-0.2, -0.15) is 8.78 Å². The van der Waals surface area contributed by atoms with Crippen LogP contribution in [0.2, 0.25) is 0 Å². The standard InChI is InChI=1S/C13H11F2NO3S/c1-18-12(17)10-9(6-20-11(10)16)7-2-4-8(5-3-7)19-13(14)15/h2-6,13H,16H2,1H3. The van der Waals surface area contributed by atoms with Crippen LogP contribution >= 0.6 is 11.3 Å². The van der Waals surface area contributed by atoms with Gasteiger partial charge < -0.3 is 15.2 Å². The number of hydrogen-bond donors (Lipinski definition) is 1. The number of anilines is 1. The smallest absolute Gasteiger partial charge is 0.387 e. The summed E-state index contributed by atoms with van der Waals surface area (Å²) in [5.74, 6) is -0.488. The van der Waals surface area contributed by atoms with Crippen molar-refractivity contribution in [3.8, 4) is 16.9 Å². The first-order valence-electron chi connectivity index (χ1n) is 5.53. The van der Waals surface area contributed by atoms with Gasteiger partial charge in [-0.3, -0.25) is 0 Å². The molecule has 2 rings (SSSR count). The Kier molecular flexibility index (Phi) is 4.19. The lowest BCUT2D eigenvalue weighted by molar-refractivity contribution is -0.0498. The number of nitrogens with two attached hydrogens (primary N) is 1. The average molecular weight is 299 g/mol. The van der Waals surface area contributed by atoms with Gasteiger partial charge in [0.2, 0.25) is 0 Å². The van der Waals surface area contributed by atoms with E-state index in [-0.39, 0.29) is 11.3 Å². The number of rotatable bonds is 4. The lowest BCUT2D eigenvalue weighted by Crippen LogP contribution is -2.04. The molecule has 0 bridgehead atoms. The van der Waals surface area contributed by atoms with Crippen LogP contribution in [0.1, 0.15) is 10.4 Å². The number of thiophene rings is 1. The van der Waals surface area contributed by atoms with Crippen molar-refractivity contribution in [2.75, 3.05) is 12.8 Å². The fourth-order valence-electron chi connectivity index (χ4n) is 1.71. The van der Waals surface area contributed by atoms with E-state index in [2.05, 4.69) is 9.47 Å². The number of benzene rings is 1. The second kappa shape index (κ2) is 5.87. The van der Waals surface area contributed by atoms with Crippen molar-refractivity contribution >= 4 is 22.3 Å². The van der Waals surface area contributed by atoms with Gasteiger partial charge in [0.05, 0.1) is 7.11 Å². The number of carbonyl (C=O) groups excluding carboxylic acids is 1. The van der Waals surface area contributed by atoms with Crippen LogP contribution < -0.4 is 10.5 Å². The fourth-order valence-corrected chi connectivity index (χ4v) is 2.52. The number of halogens is 2. The Balaban J connectivity index is 2.35. The third-order valence-corrected chi connectivity index (χ3v) is 3.41. The summed E-state index contributed by atoms with van der Waals surface area (Å²) in [5.41, 5.74) is 7.29. The van der Waals surface area contributed by atoms with Gasteiger partial charge in [0.15, 0.2) is 0 Å². The van der Waals surface area contributed by atoms with E-state index in [1.54, 1.807) is 17.5 Å². The molecule has 0 fully saturated rings. The van der Waals surface area contributed by atoms with Gasteiger partial charge >= 0.3 is 12.6 Å². The van der Waals surface area contributed by atoms with Crippen LogP contribution in [-0.4, -0.2) is 19.7 Å². The van der Waals surface area contributed by atoms with Crippen molar-refractivity contribution in [1.29, 1.82) is 0 Å². The van der Waals surface area contributed by atoms with Gasteiger partial charge in [-0.15, -0.1) is 11.3 Å². The molecule has 1 aromatic heterocycles. The molecule has 0 amide bonds. The first kappa shape index (κ1) is 14.3. The molecular formula is C13H11F2NO3S. The summed E-state index contributed by atoms with van der Waals surface area (Å²) in [5, 5.41) is 2.06. The highest BCUT2D eigenvalue weighted by molar-refractivity contribution is 7.14. The van der Waals surface area contributed by atoms with Crippen LogP contribution in [0.3, 0.4) is 0 Å². The van der Waals surface area contributed by atoms with Crippen LogP contribution in [-0.2, 0) is 4.74 Å². The third-order valence-electron chi connectivity index (χ3n) is 2.60. The molecular weight excluding hydrogens is 288 g/mol. The van der Waals surface area contributed by atoms with Crippen molar-refractivity contribution in [3.05, 3.63) is 35.2 Å². The molecule has 1 aromatic carbocycles. The van der Waals surface area contributed by atoms with E-state index in [4.69, 9.17) is 5.73 Å². The average Bonchev–Trinajstić information content (AvgIpc) is 2.80. The Morgan fingerprint density at radius 2 is 1.95 bits per heavy atom. The maximum absolute atomic E-state index is 12.1. The number of carbonyl (C=O) groups is 1. The Hall–Kier alpha value is -2.15. The predicted octanol–water partition coefficient (Wildman–Crippen LogP) is 3.39. The van der Waals surface area contributed by atoms with Gasteiger partial charge in [0.25, 0.3) is 0 Å². The number of nitrogen functional groups attached to an aromatic ring is 1.